The molecule has 0 aromatic carbocycles. The third-order valence-corrected chi connectivity index (χ3v) is 26.3. The number of nitriles is 1. The van der Waals surface area contributed by atoms with Gasteiger partial charge in [0.05, 0.1) is 69.6 Å². The number of rotatable bonds is 20. The second-order valence-electron chi connectivity index (χ2n) is 46.6. The van der Waals surface area contributed by atoms with Crippen molar-refractivity contribution in [3.05, 3.63) is 0 Å². The maximum atomic E-state index is 12.5. The van der Waals surface area contributed by atoms with Crippen LogP contribution in [0.1, 0.15) is 267 Å². The predicted molar refractivity (Wildman–Crippen MR) is 519 cm³/mol. The molecule has 0 spiro atoms. The first-order chi connectivity index (χ1) is 61.3. The number of aliphatic carboxylic acids is 1. The summed E-state index contributed by atoms with van der Waals surface area (Å²) in [5.41, 5.74) is -0.155. The van der Waals surface area contributed by atoms with Gasteiger partial charge in [0, 0.05) is 252 Å². The highest BCUT2D eigenvalue weighted by Crippen LogP contribution is 2.31. The van der Waals surface area contributed by atoms with Crippen LogP contribution in [-0.2, 0) is 57.4 Å². The van der Waals surface area contributed by atoms with Crippen LogP contribution < -0.4 is 10.6 Å². The van der Waals surface area contributed by atoms with Crippen LogP contribution in [-0.4, -0.2) is 388 Å². The smallest absolute Gasteiger partial charge is 0.303 e. The molecule has 11 fully saturated rings. The Kier molecular flexibility index (Phi) is 50.2. The molecule has 30 heteroatoms. The first-order valence-electron chi connectivity index (χ1n) is 50.5. The van der Waals surface area contributed by atoms with Crippen LogP contribution in [0.25, 0.3) is 0 Å². The molecule has 11 aliphatic rings. The SMILES string of the molecule is CC(C)(C)CC(=O)N1CCC(C(=O)N2CCNCC2)CC1.CC(C)(C)CC(=O)N1CCC(N2CCOC[C@@H]2CO)CC1.CC(C)(C)CC(=O)N1CCC(N2CCOC[C@H]2CO)CC1.CC(C)(C)CC(=O)N1CCN(CC2CCOCC2)CC1.CC(C)(C)CC(=O)O.CC(C)CC(=O)N1CCC(C(=O)N2CCN(C)CC2)CC1.CC(C)CC(=O)N1CCC(NCC(C)(C)C#N)CC1. The number of carboxylic acids is 1. The van der Waals surface area contributed by atoms with Crippen molar-refractivity contribution in [2.24, 2.45) is 62.1 Å². The molecule has 11 aliphatic heterocycles. The summed E-state index contributed by atoms with van der Waals surface area (Å²) in [6.07, 6.45) is 15.7. The van der Waals surface area contributed by atoms with Gasteiger partial charge in [0.2, 0.25) is 47.3 Å². The van der Waals surface area contributed by atoms with Crippen molar-refractivity contribution in [3.8, 4) is 6.07 Å². The Bertz CT molecular complexity index is 3320. The van der Waals surface area contributed by atoms with Gasteiger partial charge in [-0.2, -0.15) is 5.26 Å². The Labute approximate surface area is 792 Å². The second kappa shape index (κ2) is 56.8. The van der Waals surface area contributed by atoms with E-state index < -0.39 is 5.97 Å². The lowest BCUT2D eigenvalue weighted by molar-refractivity contribution is -0.142. The fourth-order valence-electron chi connectivity index (χ4n) is 18.6. The lowest BCUT2D eigenvalue weighted by atomic mass is 9.90. The van der Waals surface area contributed by atoms with E-state index in [-0.39, 0.29) is 106 Å². The number of ether oxygens (including phenoxy) is 3. The summed E-state index contributed by atoms with van der Waals surface area (Å²) in [6, 6.07) is 3.95. The average molecular weight is 1850 g/mol. The van der Waals surface area contributed by atoms with Gasteiger partial charge in [-0.3, -0.25) is 57.9 Å². The Morgan fingerprint density at radius 3 is 1.03 bits per heavy atom. The number of carbonyl (C=O) groups excluding carboxylic acids is 8. The molecule has 0 aromatic rings. The third-order valence-electron chi connectivity index (χ3n) is 26.3. The topological polar surface area (TPSA) is 329 Å². The van der Waals surface area contributed by atoms with E-state index in [9.17, 15) is 53.4 Å². The largest absolute Gasteiger partial charge is 0.481 e. The standard InChI is InChI=1S/2C16H29N3O2.2C16H30N2O3.C16H30N2O2.C15H27N3O.C6H12O2/c1-16(2,3)12-14(20)18-8-4-13(5-9-18)15(21)19-10-6-17-7-11-19;1-13(2)12-15(20)18-6-4-14(5-7-18)16(21)19-10-8-17(3)9-11-19;2*1-16(2,3)10-15(20)17-6-4-13(5-7-17)18-8-9-21-12-14(18)11-19;1-16(2,3)12-15(19)18-8-6-17(7-9-18)13-14-4-10-20-11-5-14;1-12(2)9-14(19)18-7-5-13(6-8-18)17-11-15(3,4)10-16;1-6(2,3)4-5(7)8/h13,17H,4-12H2,1-3H3;13-14H,4-12H2,1-3H3;2*13-14,19H,4-12H2,1-3H3;14H,4-13H2,1-3H3;12-13,17H,5-9,11H2,1-4H3;4H2,1-3H3,(H,7,8)/t;;2*14-;;;/m..10.../s1. The first kappa shape index (κ1) is 116. The molecule has 2 atom stereocenters. The number of nitrogens with zero attached hydrogens (tertiary/aromatic N) is 13. The van der Waals surface area contributed by atoms with Crippen LogP contribution in [0, 0.1) is 73.4 Å². The Morgan fingerprint density at radius 2 is 0.710 bits per heavy atom. The Balaban J connectivity index is 0.000000274. The maximum Gasteiger partial charge on any atom is 0.303 e. The number of likely N-dealkylation sites (N-methyl/N-ethyl adjacent to an activating group) is 1. The van der Waals surface area contributed by atoms with Crippen molar-refractivity contribution in [1.82, 2.24) is 69.4 Å². The molecule has 0 bridgehead atoms. The maximum absolute atomic E-state index is 12.5. The molecular formula is C101H187N15O15. The molecule has 8 amide bonds. The number of hydrogen-bond donors (Lipinski definition) is 5. The van der Waals surface area contributed by atoms with Gasteiger partial charge in [-0.15, -0.1) is 0 Å². The highest BCUT2D eigenvalue weighted by atomic mass is 16.5. The molecule has 0 aliphatic carbocycles. The van der Waals surface area contributed by atoms with Crippen LogP contribution in [0.15, 0.2) is 0 Å². The molecule has 11 rings (SSSR count). The number of hydrogen-bond acceptors (Lipinski definition) is 21. The molecular weight excluding hydrogens is 1660 g/mol. The number of morpholine rings is 2. The van der Waals surface area contributed by atoms with Crippen LogP contribution >= 0.6 is 0 Å². The van der Waals surface area contributed by atoms with Crippen molar-refractivity contribution >= 4 is 53.2 Å². The Morgan fingerprint density at radius 1 is 0.389 bits per heavy atom. The van der Waals surface area contributed by atoms with Gasteiger partial charge < -0.3 is 84.3 Å². The highest BCUT2D eigenvalue weighted by molar-refractivity contribution is 5.82. The van der Waals surface area contributed by atoms with Crippen LogP contribution in [0.3, 0.4) is 0 Å². The van der Waals surface area contributed by atoms with Gasteiger partial charge >= 0.3 is 5.97 Å². The molecule has 0 saturated carbocycles. The van der Waals surface area contributed by atoms with Crippen LogP contribution in [0.5, 0.6) is 0 Å². The van der Waals surface area contributed by atoms with Crippen LogP contribution in [0.4, 0.5) is 0 Å². The summed E-state index contributed by atoms with van der Waals surface area (Å²) < 4.78 is 16.3. The molecule has 30 nitrogen and oxygen atoms in total. The molecule has 0 unspecified atom stereocenters. The number of likely N-dealkylation sites (tertiary alicyclic amines) is 5. The van der Waals surface area contributed by atoms with Crippen molar-refractivity contribution in [3.63, 3.8) is 0 Å². The molecule has 5 N–H and O–H groups in total. The molecule has 0 radical (unpaired) electrons. The number of aliphatic hydroxyl groups excluding tert-OH is 2. The van der Waals surface area contributed by atoms with Gasteiger partial charge in [0.1, 0.15) is 0 Å². The number of amides is 8. The minimum atomic E-state index is -0.725. The van der Waals surface area contributed by atoms with Crippen molar-refractivity contribution < 1.29 is 72.7 Å². The van der Waals surface area contributed by atoms with E-state index in [0.29, 0.717) is 106 Å². The zero-order chi connectivity index (χ0) is 97.6. The van der Waals surface area contributed by atoms with Crippen molar-refractivity contribution in [1.29, 1.82) is 5.26 Å². The number of nitrogens with one attached hydrogen (secondary N) is 2. The normalized spacial score (nSPS) is 22.1. The average Bonchev–Trinajstić information content (AvgIpc) is 1.11. The van der Waals surface area contributed by atoms with E-state index in [4.69, 9.17) is 24.6 Å². The van der Waals surface area contributed by atoms with E-state index in [0.717, 1.165) is 254 Å². The van der Waals surface area contributed by atoms with Crippen molar-refractivity contribution in [2.75, 3.05) is 230 Å². The predicted octanol–water partition coefficient (Wildman–Crippen LogP) is 10.0. The van der Waals surface area contributed by atoms with Gasteiger partial charge in [-0.1, -0.05) is 132 Å². The Hall–Kier alpha value is -5.72. The van der Waals surface area contributed by atoms with E-state index in [1.54, 1.807) is 0 Å². The molecule has 11 heterocycles. The molecule has 131 heavy (non-hydrogen) atoms. The zero-order valence-corrected chi connectivity index (χ0v) is 86.3. The van der Waals surface area contributed by atoms with E-state index in [1.165, 1.54) is 19.4 Å². The van der Waals surface area contributed by atoms with Crippen molar-refractivity contribution in [2.45, 2.75) is 298 Å². The molecule has 11 saturated heterocycles. The number of carbonyl (C=O) groups is 9. The number of piperazine rings is 3. The number of aliphatic hydroxyl groups is 2. The van der Waals surface area contributed by atoms with E-state index in [2.05, 4.69) is 154 Å². The monoisotopic (exact) mass is 1850 g/mol. The summed E-state index contributed by atoms with van der Waals surface area (Å²) in [5, 5.41) is 42.9. The quantitative estimate of drug-likeness (QED) is 0.0756. The minimum Gasteiger partial charge on any atom is -0.481 e. The fourth-order valence-corrected chi connectivity index (χ4v) is 18.6. The summed E-state index contributed by atoms with van der Waals surface area (Å²) >= 11 is 0. The summed E-state index contributed by atoms with van der Waals surface area (Å²) in [5.74, 6) is 3.38. The molecule has 0 aromatic heterocycles. The van der Waals surface area contributed by atoms with Gasteiger partial charge in [-0.25, -0.2) is 0 Å². The van der Waals surface area contributed by atoms with Gasteiger partial charge in [0.15, 0.2) is 0 Å². The zero-order valence-electron chi connectivity index (χ0n) is 86.3. The molecule has 756 valence electrons. The fraction of sp³-hybridized carbons (Fsp3) is 0.901. The number of piperidine rings is 5. The summed E-state index contributed by atoms with van der Waals surface area (Å²) in [7, 11) is 2.10. The summed E-state index contributed by atoms with van der Waals surface area (Å²) in [6.45, 7) is 70.8. The van der Waals surface area contributed by atoms with Crippen LogP contribution in [0.2, 0.25) is 0 Å². The minimum absolute atomic E-state index is 0.0323. The van der Waals surface area contributed by atoms with Gasteiger partial charge in [-0.05, 0) is 143 Å². The second-order valence-corrected chi connectivity index (χ2v) is 46.6. The lowest BCUT2D eigenvalue weighted by Crippen LogP contribution is -2.55. The first-order valence-corrected chi connectivity index (χ1v) is 50.5. The third kappa shape index (κ3) is 46.3. The highest BCUT2D eigenvalue weighted by Gasteiger charge is 2.39. The summed E-state index contributed by atoms with van der Waals surface area (Å²) in [4.78, 5) is 133. The number of carboxylic acid groups (broad SMARTS) is 1. The van der Waals surface area contributed by atoms with Gasteiger partial charge in [0.25, 0.3) is 0 Å². The lowest BCUT2D eigenvalue weighted by Gasteiger charge is -2.44. The van der Waals surface area contributed by atoms with E-state index in [1.807, 2.05) is 73.8 Å². The van der Waals surface area contributed by atoms with E-state index >= 15 is 0 Å².